The topological polar surface area (TPSA) is 46.1 Å². The van der Waals surface area contributed by atoms with Gasteiger partial charge >= 0.3 is 6.03 Å². The predicted molar refractivity (Wildman–Crippen MR) is 105 cm³/mol. The second kappa shape index (κ2) is 8.90. The summed E-state index contributed by atoms with van der Waals surface area (Å²) in [5.41, 5.74) is 4.83. The normalized spacial score (nSPS) is 10.5. The maximum Gasteiger partial charge on any atom is 0.315 e. The van der Waals surface area contributed by atoms with Crippen LogP contribution in [0.4, 0.5) is 4.79 Å². The molecule has 0 unspecified atom stereocenters. The lowest BCUT2D eigenvalue weighted by Gasteiger charge is -2.12. The Hall–Kier alpha value is -3.01. The van der Waals surface area contributed by atoms with E-state index in [4.69, 9.17) is 0 Å². The number of nitrogens with zero attached hydrogens (tertiary/aromatic N) is 1. The van der Waals surface area contributed by atoms with Crippen LogP contribution in [0.1, 0.15) is 22.4 Å². The molecule has 2 amide bonds. The average Bonchev–Trinajstić information content (AvgIpc) is 3.08. The second-order valence-electron chi connectivity index (χ2n) is 6.46. The Labute approximate surface area is 154 Å². The summed E-state index contributed by atoms with van der Waals surface area (Å²) in [5.74, 6) is 0. The van der Waals surface area contributed by atoms with Gasteiger partial charge in [-0.25, -0.2) is 4.79 Å². The van der Waals surface area contributed by atoms with Crippen molar-refractivity contribution in [3.63, 3.8) is 0 Å². The number of aromatic nitrogens is 1. The number of nitrogens with one attached hydrogen (secondary N) is 2. The summed E-state index contributed by atoms with van der Waals surface area (Å²) in [6.07, 6.45) is 2.88. The molecule has 0 aliphatic heterocycles. The molecular formula is C22H25N3O. The van der Waals surface area contributed by atoms with E-state index in [1.165, 1.54) is 16.7 Å². The van der Waals surface area contributed by atoms with Crippen LogP contribution in [0.25, 0.3) is 0 Å². The van der Waals surface area contributed by atoms with Gasteiger partial charge in [-0.15, -0.1) is 0 Å². The van der Waals surface area contributed by atoms with E-state index in [9.17, 15) is 4.79 Å². The fraction of sp³-hybridized carbons (Fsp3) is 0.227. The van der Waals surface area contributed by atoms with Gasteiger partial charge in [-0.1, -0.05) is 60.2 Å². The molecule has 0 radical (unpaired) electrons. The zero-order valence-electron chi connectivity index (χ0n) is 15.1. The molecule has 0 atom stereocenters. The van der Waals surface area contributed by atoms with Crippen LogP contribution in [0.2, 0.25) is 0 Å². The monoisotopic (exact) mass is 347 g/mol. The molecule has 134 valence electrons. The summed E-state index contributed by atoms with van der Waals surface area (Å²) in [5, 5.41) is 5.85. The third-order valence-electron chi connectivity index (χ3n) is 4.33. The van der Waals surface area contributed by atoms with Crippen molar-refractivity contribution in [1.29, 1.82) is 0 Å². The molecule has 0 saturated carbocycles. The van der Waals surface area contributed by atoms with Crippen LogP contribution in [0.15, 0.2) is 72.9 Å². The summed E-state index contributed by atoms with van der Waals surface area (Å²) < 4.78 is 2.17. The molecular weight excluding hydrogens is 322 g/mol. The van der Waals surface area contributed by atoms with Crippen LogP contribution in [0, 0.1) is 6.92 Å². The third-order valence-corrected chi connectivity index (χ3v) is 4.33. The lowest BCUT2D eigenvalue weighted by molar-refractivity contribution is 0.240. The van der Waals surface area contributed by atoms with Crippen LogP contribution >= 0.6 is 0 Å². The van der Waals surface area contributed by atoms with Crippen molar-refractivity contribution in [1.82, 2.24) is 15.2 Å². The van der Waals surface area contributed by atoms with E-state index in [1.807, 2.05) is 36.5 Å². The summed E-state index contributed by atoms with van der Waals surface area (Å²) in [6, 6.07) is 22.6. The molecule has 2 N–H and O–H groups in total. The van der Waals surface area contributed by atoms with Crippen molar-refractivity contribution in [2.24, 2.45) is 0 Å². The highest BCUT2D eigenvalue weighted by Gasteiger charge is 2.05. The van der Waals surface area contributed by atoms with Crippen molar-refractivity contribution in [2.75, 3.05) is 6.54 Å². The Morgan fingerprint density at radius 2 is 1.73 bits per heavy atom. The van der Waals surface area contributed by atoms with E-state index in [0.29, 0.717) is 13.1 Å². The smallest absolute Gasteiger partial charge is 0.315 e. The average molecular weight is 347 g/mol. The molecule has 0 spiro atoms. The van der Waals surface area contributed by atoms with Gasteiger partial charge in [-0.05, 0) is 36.6 Å². The minimum Gasteiger partial charge on any atom is -0.345 e. The van der Waals surface area contributed by atoms with E-state index < -0.39 is 0 Å². The first-order valence-corrected chi connectivity index (χ1v) is 8.96. The summed E-state index contributed by atoms with van der Waals surface area (Å²) >= 11 is 0. The zero-order valence-corrected chi connectivity index (χ0v) is 15.1. The quantitative estimate of drug-likeness (QED) is 0.669. The van der Waals surface area contributed by atoms with Gasteiger partial charge < -0.3 is 15.2 Å². The Morgan fingerprint density at radius 3 is 2.54 bits per heavy atom. The van der Waals surface area contributed by atoms with Gasteiger partial charge in [-0.2, -0.15) is 0 Å². The van der Waals surface area contributed by atoms with Gasteiger partial charge in [0.25, 0.3) is 0 Å². The number of hydrogen-bond acceptors (Lipinski definition) is 1. The first kappa shape index (κ1) is 17.8. The van der Waals surface area contributed by atoms with Crippen LogP contribution < -0.4 is 10.6 Å². The number of benzene rings is 2. The van der Waals surface area contributed by atoms with E-state index >= 15 is 0 Å². The number of carbonyl (C=O) groups excluding carboxylic acids is 1. The minimum atomic E-state index is -0.135. The predicted octanol–water partition coefficient (Wildman–Crippen LogP) is 3.89. The highest BCUT2D eigenvalue weighted by Crippen LogP contribution is 2.09. The van der Waals surface area contributed by atoms with Gasteiger partial charge in [0.1, 0.15) is 0 Å². The molecule has 3 rings (SSSR count). The number of amides is 2. The van der Waals surface area contributed by atoms with E-state index in [2.05, 4.69) is 58.5 Å². The van der Waals surface area contributed by atoms with E-state index in [1.54, 1.807) is 0 Å². The Kier molecular flexibility index (Phi) is 6.09. The Balaban J connectivity index is 1.46. The highest BCUT2D eigenvalue weighted by atomic mass is 16.2. The summed E-state index contributed by atoms with van der Waals surface area (Å²) in [6.45, 7) is 4.04. The van der Waals surface area contributed by atoms with Crippen LogP contribution in [-0.2, 0) is 19.5 Å². The minimum absolute atomic E-state index is 0.135. The van der Waals surface area contributed by atoms with Crippen molar-refractivity contribution in [3.05, 3.63) is 95.3 Å². The molecule has 0 aliphatic rings. The van der Waals surface area contributed by atoms with E-state index in [-0.39, 0.29) is 6.03 Å². The third kappa shape index (κ3) is 5.24. The molecule has 0 saturated heterocycles. The zero-order chi connectivity index (χ0) is 18.2. The highest BCUT2D eigenvalue weighted by molar-refractivity contribution is 5.73. The van der Waals surface area contributed by atoms with Gasteiger partial charge in [0.2, 0.25) is 0 Å². The van der Waals surface area contributed by atoms with Gasteiger partial charge in [0.05, 0.1) is 6.54 Å². The summed E-state index contributed by atoms with van der Waals surface area (Å²) in [4.78, 5) is 12.0. The molecule has 0 bridgehead atoms. The standard InChI is InChI=1S/C22H25N3O/c1-18-7-5-10-20(15-18)17-25-14-6-11-21(25)16-24-22(26)23-13-12-19-8-3-2-4-9-19/h2-11,14-15H,12-13,16-17H2,1H3,(H2,23,24,26). The molecule has 4 nitrogen and oxygen atoms in total. The number of carbonyl (C=O) groups is 1. The molecule has 1 aromatic heterocycles. The van der Waals surface area contributed by atoms with Gasteiger partial charge in [0.15, 0.2) is 0 Å². The largest absolute Gasteiger partial charge is 0.345 e. The van der Waals surface area contributed by atoms with Crippen LogP contribution in [0.3, 0.4) is 0 Å². The number of aryl methyl sites for hydroxylation is 1. The molecule has 0 fully saturated rings. The van der Waals surface area contributed by atoms with E-state index in [0.717, 1.165) is 18.7 Å². The summed E-state index contributed by atoms with van der Waals surface area (Å²) in [7, 11) is 0. The lowest BCUT2D eigenvalue weighted by atomic mass is 10.1. The Morgan fingerprint density at radius 1 is 0.923 bits per heavy atom. The van der Waals surface area contributed by atoms with Crippen molar-refractivity contribution in [3.8, 4) is 0 Å². The lowest BCUT2D eigenvalue weighted by Crippen LogP contribution is -2.36. The molecule has 3 aromatic rings. The molecule has 4 heteroatoms. The Bertz CT molecular complexity index is 839. The van der Waals surface area contributed by atoms with Gasteiger partial charge in [-0.3, -0.25) is 0 Å². The first-order chi connectivity index (χ1) is 12.7. The van der Waals surface area contributed by atoms with Gasteiger partial charge in [0, 0.05) is 25.0 Å². The van der Waals surface area contributed by atoms with Crippen molar-refractivity contribution < 1.29 is 4.79 Å². The number of urea groups is 1. The maximum atomic E-state index is 12.0. The first-order valence-electron chi connectivity index (χ1n) is 8.96. The number of rotatable bonds is 7. The number of hydrogen-bond donors (Lipinski definition) is 2. The fourth-order valence-electron chi connectivity index (χ4n) is 2.97. The van der Waals surface area contributed by atoms with Crippen molar-refractivity contribution in [2.45, 2.75) is 26.4 Å². The molecule has 26 heavy (non-hydrogen) atoms. The molecule has 2 aromatic carbocycles. The van der Waals surface area contributed by atoms with Crippen LogP contribution in [0.5, 0.6) is 0 Å². The second-order valence-corrected chi connectivity index (χ2v) is 6.46. The van der Waals surface area contributed by atoms with Crippen molar-refractivity contribution >= 4 is 6.03 Å². The SMILES string of the molecule is Cc1cccc(Cn2cccc2CNC(=O)NCCc2ccccc2)c1. The molecule has 0 aliphatic carbocycles. The maximum absolute atomic E-state index is 12.0. The van der Waals surface area contributed by atoms with Crippen LogP contribution in [-0.4, -0.2) is 17.1 Å². The molecule has 1 heterocycles. The fourth-order valence-corrected chi connectivity index (χ4v) is 2.97.